The van der Waals surface area contributed by atoms with Gasteiger partial charge in [-0.3, -0.25) is 0 Å². The second kappa shape index (κ2) is 9.60. The largest absolute Gasteiger partial charge is 0.497 e. The van der Waals surface area contributed by atoms with Gasteiger partial charge in [0.25, 0.3) is 5.22 Å². The number of hydrogen-bond acceptors (Lipinski definition) is 11. The summed E-state index contributed by atoms with van der Waals surface area (Å²) in [6.45, 7) is 0. The molecule has 2 heterocycles. The van der Waals surface area contributed by atoms with Crippen LogP contribution < -0.4 is 18.9 Å². The Labute approximate surface area is 187 Å². The number of ether oxygens (including phenoxy) is 4. The molecule has 11 heteroatoms. The minimum Gasteiger partial charge on any atom is -0.497 e. The number of aromatic nitrogens is 4. The van der Waals surface area contributed by atoms with Crippen LogP contribution in [0.15, 0.2) is 50.6 Å². The molecule has 0 saturated carbocycles. The lowest BCUT2D eigenvalue weighted by Gasteiger charge is -2.12. The van der Waals surface area contributed by atoms with Crippen LogP contribution in [0.5, 0.6) is 23.0 Å². The summed E-state index contributed by atoms with van der Waals surface area (Å²) in [5, 5.41) is 12.6. The Morgan fingerprint density at radius 1 is 0.844 bits per heavy atom. The second-order valence-corrected chi connectivity index (χ2v) is 7.24. The van der Waals surface area contributed by atoms with Gasteiger partial charge in [-0.1, -0.05) is 16.9 Å². The summed E-state index contributed by atoms with van der Waals surface area (Å²) in [4.78, 5) is 4.40. The molecule has 0 spiro atoms. The Bertz CT molecular complexity index is 1170. The van der Waals surface area contributed by atoms with Crippen molar-refractivity contribution in [3.8, 4) is 45.8 Å². The molecule has 0 amide bonds. The summed E-state index contributed by atoms with van der Waals surface area (Å²) < 4.78 is 32.3. The Morgan fingerprint density at radius 3 is 2.19 bits per heavy atom. The summed E-state index contributed by atoms with van der Waals surface area (Å²) in [6, 6.07) is 10.9. The van der Waals surface area contributed by atoms with E-state index >= 15 is 0 Å². The van der Waals surface area contributed by atoms with E-state index in [0.717, 1.165) is 11.3 Å². The summed E-state index contributed by atoms with van der Waals surface area (Å²) in [6.07, 6.45) is 0. The predicted octanol–water partition coefficient (Wildman–Crippen LogP) is 4.11. The molecule has 0 aliphatic heterocycles. The van der Waals surface area contributed by atoms with Crippen LogP contribution in [0.4, 0.5) is 0 Å². The van der Waals surface area contributed by atoms with Gasteiger partial charge < -0.3 is 27.9 Å². The predicted molar refractivity (Wildman–Crippen MR) is 115 cm³/mol. The van der Waals surface area contributed by atoms with Crippen LogP contribution in [0.1, 0.15) is 5.89 Å². The van der Waals surface area contributed by atoms with Crippen molar-refractivity contribution in [2.45, 2.75) is 11.0 Å². The van der Waals surface area contributed by atoms with E-state index in [1.165, 1.54) is 11.8 Å². The van der Waals surface area contributed by atoms with Crippen molar-refractivity contribution in [3.05, 3.63) is 42.3 Å². The molecule has 0 radical (unpaired) electrons. The van der Waals surface area contributed by atoms with Crippen LogP contribution >= 0.6 is 11.8 Å². The van der Waals surface area contributed by atoms with Crippen molar-refractivity contribution in [1.29, 1.82) is 0 Å². The molecule has 4 rings (SSSR count). The lowest BCUT2D eigenvalue weighted by molar-refractivity contribution is 0.324. The smallest absolute Gasteiger partial charge is 0.277 e. The first-order chi connectivity index (χ1) is 15.6. The Hall–Kier alpha value is -3.73. The molecule has 4 aromatic rings. The number of rotatable bonds is 9. The fraction of sp³-hybridized carbons (Fsp3) is 0.238. The monoisotopic (exact) mass is 456 g/mol. The van der Waals surface area contributed by atoms with Crippen LogP contribution in [0.25, 0.3) is 22.8 Å². The molecule has 0 bridgehead atoms. The lowest BCUT2D eigenvalue weighted by atomic mass is 10.2. The molecular formula is C21H20N4O6S. The molecule has 2 aromatic carbocycles. The highest BCUT2D eigenvalue weighted by Crippen LogP contribution is 2.41. The van der Waals surface area contributed by atoms with Crippen LogP contribution in [0.2, 0.25) is 0 Å². The maximum atomic E-state index is 5.77. The summed E-state index contributed by atoms with van der Waals surface area (Å²) in [5.74, 6) is 3.85. The Morgan fingerprint density at radius 2 is 1.56 bits per heavy atom. The molecule has 166 valence electrons. The van der Waals surface area contributed by atoms with E-state index in [1.807, 2.05) is 24.3 Å². The fourth-order valence-corrected chi connectivity index (χ4v) is 3.48. The van der Waals surface area contributed by atoms with Gasteiger partial charge in [0.2, 0.25) is 23.4 Å². The number of benzene rings is 2. The average molecular weight is 456 g/mol. The lowest BCUT2D eigenvalue weighted by Crippen LogP contribution is -1.95. The van der Waals surface area contributed by atoms with Crippen molar-refractivity contribution in [3.63, 3.8) is 0 Å². The van der Waals surface area contributed by atoms with Gasteiger partial charge in [0, 0.05) is 11.1 Å². The number of hydrogen-bond donors (Lipinski definition) is 0. The van der Waals surface area contributed by atoms with Crippen molar-refractivity contribution in [2.75, 3.05) is 28.4 Å². The summed E-state index contributed by atoms with van der Waals surface area (Å²) >= 11 is 1.29. The maximum Gasteiger partial charge on any atom is 0.277 e. The van der Waals surface area contributed by atoms with Crippen molar-refractivity contribution in [1.82, 2.24) is 20.3 Å². The minimum atomic E-state index is 0.316. The first kappa shape index (κ1) is 21.5. The van der Waals surface area contributed by atoms with E-state index in [2.05, 4.69) is 20.3 Å². The van der Waals surface area contributed by atoms with Gasteiger partial charge >= 0.3 is 0 Å². The average Bonchev–Trinajstić information content (AvgIpc) is 3.51. The van der Waals surface area contributed by atoms with Crippen LogP contribution in [0.3, 0.4) is 0 Å². The Kier molecular flexibility index (Phi) is 6.45. The third kappa shape index (κ3) is 4.47. The number of nitrogens with zero attached hydrogens (tertiary/aromatic N) is 4. The fourth-order valence-electron chi connectivity index (χ4n) is 2.88. The zero-order valence-corrected chi connectivity index (χ0v) is 18.6. The third-order valence-corrected chi connectivity index (χ3v) is 5.26. The van der Waals surface area contributed by atoms with E-state index < -0.39 is 0 Å². The van der Waals surface area contributed by atoms with Crippen LogP contribution in [-0.2, 0) is 5.75 Å². The Balaban J connectivity index is 1.46. The highest BCUT2D eigenvalue weighted by molar-refractivity contribution is 7.98. The van der Waals surface area contributed by atoms with Crippen LogP contribution in [0, 0.1) is 0 Å². The number of thioether (sulfide) groups is 1. The second-order valence-electron chi connectivity index (χ2n) is 6.32. The van der Waals surface area contributed by atoms with Crippen molar-refractivity contribution in [2.24, 2.45) is 0 Å². The van der Waals surface area contributed by atoms with Gasteiger partial charge in [-0.2, -0.15) is 4.98 Å². The molecule has 10 nitrogen and oxygen atoms in total. The molecule has 32 heavy (non-hydrogen) atoms. The van der Waals surface area contributed by atoms with E-state index in [-0.39, 0.29) is 0 Å². The van der Waals surface area contributed by atoms with E-state index in [4.69, 9.17) is 27.9 Å². The summed E-state index contributed by atoms with van der Waals surface area (Å²) in [5.41, 5.74) is 1.46. The van der Waals surface area contributed by atoms with E-state index in [1.54, 1.807) is 40.6 Å². The standard InChI is InChI=1S/C21H20N4O6S/c1-26-14-7-5-12(6-8-14)19-22-17(31-25-19)11-32-21-24-23-20(30-21)13-9-15(27-2)18(29-4)16(10-13)28-3/h5-10H,11H2,1-4H3. The van der Waals surface area contributed by atoms with Gasteiger partial charge in [0.05, 0.1) is 34.2 Å². The molecule has 0 N–H and O–H groups in total. The molecule has 0 aliphatic rings. The zero-order chi connectivity index (χ0) is 22.5. The van der Waals surface area contributed by atoms with Gasteiger partial charge in [-0.15, -0.1) is 10.2 Å². The maximum absolute atomic E-state index is 5.77. The molecule has 0 saturated heterocycles. The van der Waals surface area contributed by atoms with Gasteiger partial charge in [-0.25, -0.2) is 0 Å². The molecule has 0 aliphatic carbocycles. The topological polar surface area (TPSA) is 115 Å². The molecule has 0 atom stereocenters. The minimum absolute atomic E-state index is 0.316. The van der Waals surface area contributed by atoms with Crippen molar-refractivity contribution >= 4 is 11.8 Å². The summed E-state index contributed by atoms with van der Waals surface area (Å²) in [7, 11) is 6.24. The first-order valence-electron chi connectivity index (χ1n) is 9.38. The molecule has 0 fully saturated rings. The zero-order valence-electron chi connectivity index (χ0n) is 17.8. The van der Waals surface area contributed by atoms with E-state index in [9.17, 15) is 0 Å². The number of methoxy groups -OCH3 is 4. The molecular weight excluding hydrogens is 436 g/mol. The highest BCUT2D eigenvalue weighted by Gasteiger charge is 2.18. The van der Waals surface area contributed by atoms with Gasteiger partial charge in [0.1, 0.15) is 5.75 Å². The molecule has 0 unspecified atom stereocenters. The quantitative estimate of drug-likeness (QED) is 0.339. The normalized spacial score (nSPS) is 10.8. The van der Waals surface area contributed by atoms with Crippen molar-refractivity contribution < 1.29 is 27.9 Å². The highest BCUT2D eigenvalue weighted by atomic mass is 32.2. The molecule has 2 aromatic heterocycles. The van der Waals surface area contributed by atoms with Gasteiger partial charge in [0.15, 0.2) is 11.5 Å². The SMILES string of the molecule is COc1ccc(-c2noc(CSc3nnc(-c4cc(OC)c(OC)c(OC)c4)o3)n2)cc1. The van der Waals surface area contributed by atoms with E-state index in [0.29, 0.717) is 51.4 Å². The van der Waals surface area contributed by atoms with Crippen LogP contribution in [-0.4, -0.2) is 48.8 Å². The third-order valence-electron chi connectivity index (χ3n) is 4.45. The van der Waals surface area contributed by atoms with Gasteiger partial charge in [-0.05, 0) is 36.4 Å². The first-order valence-corrected chi connectivity index (χ1v) is 10.4.